The molecule has 0 fully saturated rings. The highest BCUT2D eigenvalue weighted by molar-refractivity contribution is 9.10. The lowest BCUT2D eigenvalue weighted by Gasteiger charge is -2.25. The van der Waals surface area contributed by atoms with Gasteiger partial charge in [-0.15, -0.1) is 0 Å². The van der Waals surface area contributed by atoms with Crippen LogP contribution in [-0.4, -0.2) is 44.2 Å². The zero-order valence-electron chi connectivity index (χ0n) is 15.6. The predicted molar refractivity (Wildman–Crippen MR) is 108 cm³/mol. The lowest BCUT2D eigenvalue weighted by molar-refractivity contribution is -0.120. The molecule has 0 spiro atoms. The van der Waals surface area contributed by atoms with E-state index >= 15 is 0 Å². The number of rotatable bonds is 6. The van der Waals surface area contributed by atoms with Crippen LogP contribution in [0, 0.1) is 0 Å². The number of ether oxygens (including phenoxy) is 3. The summed E-state index contributed by atoms with van der Waals surface area (Å²) in [5.41, 5.74) is 1.69. The highest BCUT2D eigenvalue weighted by Gasteiger charge is 2.20. The monoisotopic (exact) mass is 434 g/mol. The molecule has 0 radical (unpaired) electrons. The Morgan fingerprint density at radius 1 is 1.22 bits per heavy atom. The standard InChI is InChI=1S/C20H23BrN2O4/c1-13(23(2)12-14-10-15(21)4-6-17(14)25-3)20(24)22-16-5-7-18-19(11-16)27-9-8-26-18/h4-7,10-11,13H,8-9,12H2,1-3H3,(H,22,24). The second kappa shape index (κ2) is 8.63. The van der Waals surface area contributed by atoms with E-state index < -0.39 is 0 Å². The number of fused-ring (bicyclic) bond motifs is 1. The molecule has 0 bridgehead atoms. The first-order valence-corrected chi connectivity index (χ1v) is 9.50. The van der Waals surface area contributed by atoms with Gasteiger partial charge in [-0.1, -0.05) is 15.9 Å². The SMILES string of the molecule is COc1ccc(Br)cc1CN(C)C(C)C(=O)Nc1ccc2c(c1)OCCO2. The van der Waals surface area contributed by atoms with E-state index in [9.17, 15) is 4.79 Å². The number of hydrogen-bond donors (Lipinski definition) is 1. The number of anilines is 1. The normalized spacial score (nSPS) is 14.0. The Hall–Kier alpha value is -2.25. The van der Waals surface area contributed by atoms with E-state index in [1.807, 2.05) is 49.2 Å². The Bertz CT molecular complexity index is 828. The molecule has 3 rings (SSSR count). The van der Waals surface area contributed by atoms with Gasteiger partial charge in [0.2, 0.25) is 5.91 Å². The Kier molecular flexibility index (Phi) is 6.23. The van der Waals surface area contributed by atoms with Crippen LogP contribution in [-0.2, 0) is 11.3 Å². The highest BCUT2D eigenvalue weighted by Crippen LogP contribution is 2.32. The second-order valence-corrected chi connectivity index (χ2v) is 7.31. The van der Waals surface area contributed by atoms with Gasteiger partial charge < -0.3 is 19.5 Å². The lowest BCUT2D eigenvalue weighted by atomic mass is 10.1. The molecule has 1 atom stereocenters. The number of amides is 1. The van der Waals surface area contributed by atoms with E-state index in [2.05, 4.69) is 21.2 Å². The van der Waals surface area contributed by atoms with Crippen molar-refractivity contribution in [2.75, 3.05) is 32.7 Å². The maximum atomic E-state index is 12.7. The number of hydrogen-bond acceptors (Lipinski definition) is 5. The quantitative estimate of drug-likeness (QED) is 0.750. The molecular weight excluding hydrogens is 412 g/mol. The van der Waals surface area contributed by atoms with Crippen molar-refractivity contribution in [3.05, 3.63) is 46.4 Å². The molecular formula is C20H23BrN2O4. The van der Waals surface area contributed by atoms with E-state index in [4.69, 9.17) is 14.2 Å². The molecule has 2 aromatic rings. The van der Waals surface area contributed by atoms with Crippen LogP contribution in [0.2, 0.25) is 0 Å². The largest absolute Gasteiger partial charge is 0.496 e. The van der Waals surface area contributed by atoms with Crippen molar-refractivity contribution in [3.8, 4) is 17.2 Å². The molecule has 1 heterocycles. The molecule has 0 saturated heterocycles. The van der Waals surface area contributed by atoms with Crippen LogP contribution in [0.5, 0.6) is 17.2 Å². The first-order chi connectivity index (χ1) is 13.0. The third-order valence-corrected chi connectivity index (χ3v) is 5.01. The summed E-state index contributed by atoms with van der Waals surface area (Å²) in [5, 5.41) is 2.94. The summed E-state index contributed by atoms with van der Waals surface area (Å²) in [6, 6.07) is 10.9. The molecule has 0 aliphatic carbocycles. The molecule has 144 valence electrons. The summed E-state index contributed by atoms with van der Waals surface area (Å²) in [4.78, 5) is 14.6. The molecule has 0 saturated carbocycles. The maximum Gasteiger partial charge on any atom is 0.241 e. The number of carbonyl (C=O) groups excluding carboxylic acids is 1. The summed E-state index contributed by atoms with van der Waals surface area (Å²) in [5.74, 6) is 2.05. The van der Waals surface area contributed by atoms with E-state index in [0.29, 0.717) is 36.9 Å². The minimum Gasteiger partial charge on any atom is -0.496 e. The topological polar surface area (TPSA) is 60.0 Å². The summed E-state index contributed by atoms with van der Waals surface area (Å²) in [6.45, 7) is 3.51. The average molecular weight is 435 g/mol. The van der Waals surface area contributed by atoms with Crippen molar-refractivity contribution in [1.82, 2.24) is 4.90 Å². The molecule has 6 nitrogen and oxygen atoms in total. The van der Waals surface area contributed by atoms with Gasteiger partial charge in [0.15, 0.2) is 11.5 Å². The van der Waals surface area contributed by atoms with Crippen LogP contribution >= 0.6 is 15.9 Å². The summed E-state index contributed by atoms with van der Waals surface area (Å²) in [6.07, 6.45) is 0. The Labute approximate surface area is 167 Å². The van der Waals surface area contributed by atoms with Crippen molar-refractivity contribution in [3.63, 3.8) is 0 Å². The van der Waals surface area contributed by atoms with E-state index in [1.54, 1.807) is 13.2 Å². The van der Waals surface area contributed by atoms with Gasteiger partial charge in [-0.25, -0.2) is 0 Å². The van der Waals surface area contributed by atoms with E-state index in [0.717, 1.165) is 15.8 Å². The summed E-state index contributed by atoms with van der Waals surface area (Å²) < 4.78 is 17.5. The van der Waals surface area contributed by atoms with Gasteiger partial charge in [-0.3, -0.25) is 9.69 Å². The van der Waals surface area contributed by atoms with Crippen LogP contribution in [0.25, 0.3) is 0 Å². The van der Waals surface area contributed by atoms with Crippen LogP contribution in [0.4, 0.5) is 5.69 Å². The lowest BCUT2D eigenvalue weighted by Crippen LogP contribution is -2.39. The van der Waals surface area contributed by atoms with Crippen molar-refractivity contribution in [1.29, 1.82) is 0 Å². The van der Waals surface area contributed by atoms with Crippen molar-refractivity contribution < 1.29 is 19.0 Å². The minimum atomic E-state index is -0.332. The van der Waals surface area contributed by atoms with E-state index in [-0.39, 0.29) is 11.9 Å². The van der Waals surface area contributed by atoms with Gasteiger partial charge in [-0.05, 0) is 44.3 Å². The number of benzene rings is 2. The van der Waals surface area contributed by atoms with Gasteiger partial charge in [-0.2, -0.15) is 0 Å². The minimum absolute atomic E-state index is 0.0943. The third-order valence-electron chi connectivity index (χ3n) is 4.51. The zero-order valence-corrected chi connectivity index (χ0v) is 17.2. The number of carbonyl (C=O) groups is 1. The molecule has 1 aliphatic rings. The van der Waals surface area contributed by atoms with E-state index in [1.165, 1.54) is 0 Å². The highest BCUT2D eigenvalue weighted by atomic mass is 79.9. The summed E-state index contributed by atoms with van der Waals surface area (Å²) >= 11 is 3.48. The maximum absolute atomic E-state index is 12.7. The van der Waals surface area contributed by atoms with Crippen LogP contribution in [0.1, 0.15) is 12.5 Å². The number of nitrogens with zero attached hydrogens (tertiary/aromatic N) is 1. The molecule has 7 heteroatoms. The Morgan fingerprint density at radius 3 is 2.70 bits per heavy atom. The Morgan fingerprint density at radius 2 is 1.96 bits per heavy atom. The smallest absolute Gasteiger partial charge is 0.241 e. The van der Waals surface area contributed by atoms with Gasteiger partial charge in [0.1, 0.15) is 19.0 Å². The Balaban J connectivity index is 1.65. The molecule has 27 heavy (non-hydrogen) atoms. The zero-order chi connectivity index (χ0) is 19.4. The first kappa shape index (κ1) is 19.5. The van der Waals surface area contributed by atoms with Crippen LogP contribution in [0.15, 0.2) is 40.9 Å². The fraction of sp³-hybridized carbons (Fsp3) is 0.350. The second-order valence-electron chi connectivity index (χ2n) is 6.39. The van der Waals surface area contributed by atoms with Gasteiger partial charge >= 0.3 is 0 Å². The van der Waals surface area contributed by atoms with Crippen LogP contribution < -0.4 is 19.5 Å². The predicted octanol–water partition coefficient (Wildman–Crippen LogP) is 3.69. The fourth-order valence-electron chi connectivity index (χ4n) is 2.84. The molecule has 1 amide bonds. The van der Waals surface area contributed by atoms with Gasteiger partial charge in [0, 0.05) is 28.3 Å². The summed E-state index contributed by atoms with van der Waals surface area (Å²) in [7, 11) is 3.55. The molecule has 0 aromatic heterocycles. The first-order valence-electron chi connectivity index (χ1n) is 8.71. The molecule has 1 aliphatic heterocycles. The number of nitrogens with one attached hydrogen (secondary N) is 1. The van der Waals surface area contributed by atoms with Crippen LogP contribution in [0.3, 0.4) is 0 Å². The van der Waals surface area contributed by atoms with Crippen molar-refractivity contribution >= 4 is 27.5 Å². The van der Waals surface area contributed by atoms with Gasteiger partial charge in [0.25, 0.3) is 0 Å². The molecule has 1 N–H and O–H groups in total. The number of methoxy groups -OCH3 is 1. The number of halogens is 1. The molecule has 1 unspecified atom stereocenters. The average Bonchev–Trinajstić information content (AvgIpc) is 2.67. The third kappa shape index (κ3) is 4.73. The number of likely N-dealkylation sites (N-methyl/N-ethyl adjacent to an activating group) is 1. The fourth-order valence-corrected chi connectivity index (χ4v) is 3.25. The van der Waals surface area contributed by atoms with Gasteiger partial charge in [0.05, 0.1) is 13.2 Å². The molecule has 2 aromatic carbocycles. The van der Waals surface area contributed by atoms with Crippen molar-refractivity contribution in [2.45, 2.75) is 19.5 Å². The van der Waals surface area contributed by atoms with Crippen molar-refractivity contribution in [2.24, 2.45) is 0 Å².